The van der Waals surface area contributed by atoms with E-state index in [9.17, 15) is 4.79 Å². The van der Waals surface area contributed by atoms with E-state index in [0.717, 1.165) is 53.5 Å². The van der Waals surface area contributed by atoms with Crippen LogP contribution in [0.1, 0.15) is 25.7 Å². The Morgan fingerprint density at radius 3 is 2.75 bits per heavy atom. The van der Waals surface area contributed by atoms with Crippen molar-refractivity contribution in [3.8, 4) is 17.2 Å². The van der Waals surface area contributed by atoms with E-state index in [1.165, 1.54) is 6.33 Å². The number of rotatable bonds is 10. The summed E-state index contributed by atoms with van der Waals surface area (Å²) < 4.78 is 24.6. The summed E-state index contributed by atoms with van der Waals surface area (Å²) in [6.45, 7) is 3.34. The standard InChI is InChI=1S/C29H36BrN5O5/c1-34(2)29(36)25-5-4-10-35(25)11-14-39-21-16-24-27(26(17-21)40-19-8-12-38-13-9-19)28(32-18-31-24)33-23-15-20(37-3)6-7-22(23)30/h6-7,15-19,25H,4-5,8-14H2,1-3H3,(H,31,32,33). The highest BCUT2D eigenvalue weighted by molar-refractivity contribution is 9.10. The van der Waals surface area contributed by atoms with E-state index in [2.05, 4.69) is 36.1 Å². The number of carbonyl (C=O) groups excluding carboxylic acids is 1. The largest absolute Gasteiger partial charge is 0.497 e. The van der Waals surface area contributed by atoms with Crippen molar-refractivity contribution in [2.45, 2.75) is 37.8 Å². The number of carbonyl (C=O) groups is 1. The summed E-state index contributed by atoms with van der Waals surface area (Å²) >= 11 is 3.61. The molecule has 2 aliphatic rings. The molecule has 40 heavy (non-hydrogen) atoms. The molecule has 2 saturated heterocycles. The number of likely N-dealkylation sites (tertiary alicyclic amines) is 1. The van der Waals surface area contributed by atoms with Gasteiger partial charge in [0.1, 0.15) is 42.1 Å². The third-order valence-electron chi connectivity index (χ3n) is 7.30. The average molecular weight is 615 g/mol. The monoisotopic (exact) mass is 613 g/mol. The minimum absolute atomic E-state index is 0.0196. The van der Waals surface area contributed by atoms with Crippen molar-refractivity contribution in [3.05, 3.63) is 41.1 Å². The Labute approximate surface area is 243 Å². The number of hydrogen-bond donors (Lipinski definition) is 1. The van der Waals surface area contributed by atoms with Gasteiger partial charge in [-0.05, 0) is 47.4 Å². The van der Waals surface area contributed by atoms with E-state index in [4.69, 9.17) is 18.9 Å². The second-order valence-electron chi connectivity index (χ2n) is 10.2. The topological polar surface area (TPSA) is 98.3 Å². The van der Waals surface area contributed by atoms with Gasteiger partial charge in [-0.25, -0.2) is 9.97 Å². The molecule has 3 aromatic rings. The van der Waals surface area contributed by atoms with Crippen LogP contribution < -0.4 is 19.5 Å². The van der Waals surface area contributed by atoms with Crippen molar-refractivity contribution in [3.63, 3.8) is 0 Å². The van der Waals surface area contributed by atoms with E-state index in [0.29, 0.717) is 49.2 Å². The van der Waals surface area contributed by atoms with Crippen molar-refractivity contribution < 1.29 is 23.7 Å². The smallest absolute Gasteiger partial charge is 0.239 e. The van der Waals surface area contributed by atoms with E-state index < -0.39 is 0 Å². The van der Waals surface area contributed by atoms with Crippen LogP contribution in [-0.4, -0.2) is 91.9 Å². The maximum atomic E-state index is 12.6. The summed E-state index contributed by atoms with van der Waals surface area (Å²) in [6, 6.07) is 9.46. The number of nitrogens with zero attached hydrogens (tertiary/aromatic N) is 4. The van der Waals surface area contributed by atoms with Crippen molar-refractivity contribution in [1.82, 2.24) is 19.8 Å². The van der Waals surface area contributed by atoms with Gasteiger partial charge in [-0.2, -0.15) is 0 Å². The molecule has 1 unspecified atom stereocenters. The Hall–Kier alpha value is -3.15. The summed E-state index contributed by atoms with van der Waals surface area (Å²) in [5.74, 6) is 2.81. The van der Waals surface area contributed by atoms with Crippen LogP contribution in [0.15, 0.2) is 41.1 Å². The van der Waals surface area contributed by atoms with Gasteiger partial charge < -0.3 is 29.2 Å². The molecule has 1 N–H and O–H groups in total. The molecular weight excluding hydrogens is 578 g/mol. The van der Waals surface area contributed by atoms with E-state index in [1.54, 1.807) is 12.0 Å². The molecule has 1 atom stereocenters. The van der Waals surface area contributed by atoms with Crippen molar-refractivity contribution in [1.29, 1.82) is 0 Å². The summed E-state index contributed by atoms with van der Waals surface area (Å²) in [5, 5.41) is 4.20. The number of anilines is 2. The lowest BCUT2D eigenvalue weighted by Gasteiger charge is -2.26. The molecule has 0 aliphatic carbocycles. The summed E-state index contributed by atoms with van der Waals surface area (Å²) in [5.41, 5.74) is 1.52. The maximum absolute atomic E-state index is 12.6. The molecule has 5 rings (SSSR count). The molecule has 214 valence electrons. The Morgan fingerprint density at radius 2 is 1.98 bits per heavy atom. The van der Waals surface area contributed by atoms with Crippen LogP contribution in [0, 0.1) is 0 Å². The predicted octanol–water partition coefficient (Wildman–Crippen LogP) is 4.63. The SMILES string of the molecule is COc1ccc(Br)c(Nc2ncnc3cc(OCCN4CCCC4C(=O)N(C)C)cc(OC4CCOCC4)c23)c1. The van der Waals surface area contributed by atoms with Crippen LogP contribution in [0.5, 0.6) is 17.2 Å². The highest BCUT2D eigenvalue weighted by atomic mass is 79.9. The maximum Gasteiger partial charge on any atom is 0.239 e. The Bertz CT molecular complexity index is 1330. The fourth-order valence-corrected chi connectivity index (χ4v) is 5.53. The lowest BCUT2D eigenvalue weighted by Crippen LogP contribution is -2.44. The molecule has 1 aromatic heterocycles. The molecule has 2 aromatic carbocycles. The van der Waals surface area contributed by atoms with Gasteiger partial charge in [0.15, 0.2) is 0 Å². The minimum atomic E-state index is -0.0834. The number of nitrogens with one attached hydrogen (secondary N) is 1. The molecule has 10 nitrogen and oxygen atoms in total. The molecule has 0 spiro atoms. The van der Waals surface area contributed by atoms with Crippen LogP contribution in [0.2, 0.25) is 0 Å². The Morgan fingerprint density at radius 1 is 1.15 bits per heavy atom. The molecule has 3 heterocycles. The second kappa shape index (κ2) is 13.0. The highest BCUT2D eigenvalue weighted by Crippen LogP contribution is 2.38. The average Bonchev–Trinajstić information content (AvgIpc) is 3.42. The number of ether oxygens (including phenoxy) is 4. The third kappa shape index (κ3) is 6.59. The van der Waals surface area contributed by atoms with Crippen LogP contribution in [0.3, 0.4) is 0 Å². The van der Waals surface area contributed by atoms with Gasteiger partial charge in [0.2, 0.25) is 5.91 Å². The van der Waals surface area contributed by atoms with Gasteiger partial charge in [0.05, 0.1) is 43.0 Å². The summed E-state index contributed by atoms with van der Waals surface area (Å²) in [4.78, 5) is 25.6. The van der Waals surface area contributed by atoms with E-state index >= 15 is 0 Å². The first-order chi connectivity index (χ1) is 19.4. The van der Waals surface area contributed by atoms with Crippen molar-refractivity contribution >= 4 is 44.2 Å². The normalized spacial score (nSPS) is 18.1. The number of fused-ring (bicyclic) bond motifs is 1. The van der Waals surface area contributed by atoms with Crippen molar-refractivity contribution in [2.75, 3.05) is 59.4 Å². The highest BCUT2D eigenvalue weighted by Gasteiger charge is 2.31. The fraction of sp³-hybridized carbons (Fsp3) is 0.483. The van der Waals surface area contributed by atoms with Crippen LogP contribution in [0.25, 0.3) is 10.9 Å². The zero-order valence-electron chi connectivity index (χ0n) is 23.2. The molecule has 2 aliphatic heterocycles. The molecule has 0 radical (unpaired) electrons. The third-order valence-corrected chi connectivity index (χ3v) is 7.99. The summed E-state index contributed by atoms with van der Waals surface area (Å²) in [7, 11) is 5.25. The quantitative estimate of drug-likeness (QED) is 0.351. The minimum Gasteiger partial charge on any atom is -0.497 e. The fourth-order valence-electron chi connectivity index (χ4n) is 5.18. The number of likely N-dealkylation sites (N-methyl/N-ethyl adjacent to an activating group) is 1. The number of hydrogen-bond acceptors (Lipinski definition) is 9. The van der Waals surface area contributed by atoms with Gasteiger partial charge in [-0.1, -0.05) is 0 Å². The van der Waals surface area contributed by atoms with E-state index in [1.807, 2.05) is 44.4 Å². The number of aromatic nitrogens is 2. The molecule has 0 saturated carbocycles. The first kappa shape index (κ1) is 28.4. The molecule has 1 amide bonds. The number of methoxy groups -OCH3 is 1. The zero-order valence-corrected chi connectivity index (χ0v) is 24.8. The first-order valence-corrected chi connectivity index (χ1v) is 14.4. The van der Waals surface area contributed by atoms with Gasteiger partial charge in [-0.15, -0.1) is 0 Å². The molecular formula is C29H36BrN5O5. The molecule has 11 heteroatoms. The van der Waals surface area contributed by atoms with Crippen LogP contribution in [0.4, 0.5) is 11.5 Å². The molecule has 0 bridgehead atoms. The van der Waals surface area contributed by atoms with Gasteiger partial charge in [0.25, 0.3) is 0 Å². The van der Waals surface area contributed by atoms with Gasteiger partial charge in [0, 0.05) is 56.2 Å². The predicted molar refractivity (Wildman–Crippen MR) is 157 cm³/mol. The van der Waals surface area contributed by atoms with Crippen molar-refractivity contribution in [2.24, 2.45) is 0 Å². The first-order valence-electron chi connectivity index (χ1n) is 13.6. The number of amides is 1. The summed E-state index contributed by atoms with van der Waals surface area (Å²) in [6.07, 6.45) is 5.06. The number of benzene rings is 2. The second-order valence-corrected chi connectivity index (χ2v) is 11.1. The Kier molecular flexibility index (Phi) is 9.23. The van der Waals surface area contributed by atoms with Crippen LogP contribution in [-0.2, 0) is 9.53 Å². The number of halogens is 1. The molecule has 2 fully saturated rings. The van der Waals surface area contributed by atoms with Gasteiger partial charge >= 0.3 is 0 Å². The Balaban J connectivity index is 1.41. The van der Waals surface area contributed by atoms with E-state index in [-0.39, 0.29) is 18.1 Å². The zero-order chi connectivity index (χ0) is 28.1. The lowest BCUT2D eigenvalue weighted by molar-refractivity contribution is -0.133. The van der Waals surface area contributed by atoms with Crippen LogP contribution >= 0.6 is 15.9 Å². The lowest BCUT2D eigenvalue weighted by atomic mass is 10.1. The van der Waals surface area contributed by atoms with Gasteiger partial charge in [-0.3, -0.25) is 9.69 Å².